The first kappa shape index (κ1) is 13.0. The van der Waals surface area contributed by atoms with Crippen LogP contribution in [0.3, 0.4) is 0 Å². The molecule has 2 atom stereocenters. The first-order valence-electron chi connectivity index (χ1n) is 5.64. The molecule has 2 unspecified atom stereocenters. The van der Waals surface area contributed by atoms with Crippen molar-refractivity contribution < 1.29 is 9.84 Å². The lowest BCUT2D eigenvalue weighted by Gasteiger charge is -2.22. The Kier molecular flexibility index (Phi) is 4.77. The highest BCUT2D eigenvalue weighted by atomic mass is 16.5. The molecule has 0 amide bonds. The van der Waals surface area contributed by atoms with Crippen LogP contribution in [0.4, 0.5) is 0 Å². The van der Waals surface area contributed by atoms with Crippen LogP contribution in [0, 0.1) is 13.8 Å². The zero-order chi connectivity index (χ0) is 12.1. The fourth-order valence-electron chi connectivity index (χ4n) is 1.65. The van der Waals surface area contributed by atoms with Gasteiger partial charge in [-0.1, -0.05) is 18.2 Å². The maximum atomic E-state index is 8.94. The molecule has 2 N–H and O–H groups in total. The quantitative estimate of drug-likeness (QED) is 0.750. The third-order valence-electron chi connectivity index (χ3n) is 2.50. The van der Waals surface area contributed by atoms with E-state index in [9.17, 15) is 0 Å². The number of nitrogens with one attached hydrogen (secondary N) is 1. The smallest absolute Gasteiger partial charge is 0.147 e. The molecule has 1 rings (SSSR count). The standard InChI is InChI=1S/C13H21NO2/c1-9-6-5-7-10(2)13(9)16-12(4)14-11(3)8-15/h5-7,11-12,14-15H,8H2,1-4H3. The molecule has 1 aromatic rings. The average molecular weight is 223 g/mol. The number of ether oxygens (including phenoxy) is 1. The third kappa shape index (κ3) is 3.51. The van der Waals surface area contributed by atoms with E-state index in [2.05, 4.69) is 5.32 Å². The number of para-hydroxylation sites is 1. The van der Waals surface area contributed by atoms with E-state index in [1.54, 1.807) is 0 Å². The highest BCUT2D eigenvalue weighted by Gasteiger charge is 2.10. The molecule has 0 spiro atoms. The Balaban J connectivity index is 2.66. The molecular weight excluding hydrogens is 202 g/mol. The molecule has 0 aromatic heterocycles. The van der Waals surface area contributed by atoms with Crippen molar-refractivity contribution in [2.45, 2.75) is 40.0 Å². The normalized spacial score (nSPS) is 14.6. The number of hydrogen-bond acceptors (Lipinski definition) is 3. The molecule has 0 aliphatic rings. The fourth-order valence-corrected chi connectivity index (χ4v) is 1.65. The Hall–Kier alpha value is -1.06. The van der Waals surface area contributed by atoms with Crippen LogP contribution in [0.1, 0.15) is 25.0 Å². The lowest BCUT2D eigenvalue weighted by molar-refractivity contribution is 0.143. The topological polar surface area (TPSA) is 41.5 Å². The van der Waals surface area contributed by atoms with Crippen molar-refractivity contribution in [2.75, 3.05) is 6.61 Å². The van der Waals surface area contributed by atoms with Crippen molar-refractivity contribution >= 4 is 0 Å². The van der Waals surface area contributed by atoms with Crippen LogP contribution in [0.2, 0.25) is 0 Å². The first-order chi connectivity index (χ1) is 7.54. The number of aryl methyl sites for hydroxylation is 2. The van der Waals surface area contributed by atoms with E-state index in [1.165, 1.54) is 0 Å². The minimum absolute atomic E-state index is 0.0410. The van der Waals surface area contributed by atoms with E-state index in [-0.39, 0.29) is 18.9 Å². The van der Waals surface area contributed by atoms with Crippen LogP contribution in [-0.4, -0.2) is 24.0 Å². The minimum atomic E-state index is -0.109. The summed E-state index contributed by atoms with van der Waals surface area (Å²) < 4.78 is 5.83. The second-order valence-corrected chi connectivity index (χ2v) is 4.23. The summed E-state index contributed by atoms with van der Waals surface area (Å²) in [5.74, 6) is 0.924. The molecule has 0 radical (unpaired) electrons. The molecule has 1 aromatic carbocycles. The molecule has 0 heterocycles. The summed E-state index contributed by atoms with van der Waals surface area (Å²) in [7, 11) is 0. The van der Waals surface area contributed by atoms with Gasteiger partial charge < -0.3 is 9.84 Å². The highest BCUT2D eigenvalue weighted by Crippen LogP contribution is 2.23. The summed E-state index contributed by atoms with van der Waals surface area (Å²) in [5.41, 5.74) is 2.26. The predicted octanol–water partition coefficient (Wildman–Crippen LogP) is 2.00. The zero-order valence-electron chi connectivity index (χ0n) is 10.4. The van der Waals surface area contributed by atoms with Crippen molar-refractivity contribution in [1.82, 2.24) is 5.32 Å². The number of rotatable bonds is 5. The lowest BCUT2D eigenvalue weighted by Crippen LogP contribution is -2.40. The second-order valence-electron chi connectivity index (χ2n) is 4.23. The summed E-state index contributed by atoms with van der Waals surface area (Å²) >= 11 is 0. The molecule has 0 aliphatic carbocycles. The van der Waals surface area contributed by atoms with Gasteiger partial charge in [0.2, 0.25) is 0 Å². The molecule has 3 nitrogen and oxygen atoms in total. The van der Waals surface area contributed by atoms with Crippen molar-refractivity contribution in [3.05, 3.63) is 29.3 Å². The Morgan fingerprint density at radius 2 is 1.81 bits per heavy atom. The summed E-state index contributed by atoms with van der Waals surface area (Å²) in [6.45, 7) is 8.04. The van der Waals surface area contributed by atoms with Gasteiger partial charge >= 0.3 is 0 Å². The minimum Gasteiger partial charge on any atom is -0.475 e. The van der Waals surface area contributed by atoms with E-state index in [0.717, 1.165) is 16.9 Å². The van der Waals surface area contributed by atoms with Gasteiger partial charge in [-0.2, -0.15) is 0 Å². The first-order valence-corrected chi connectivity index (χ1v) is 5.64. The van der Waals surface area contributed by atoms with Crippen molar-refractivity contribution in [2.24, 2.45) is 0 Å². The summed E-state index contributed by atoms with van der Waals surface area (Å²) in [4.78, 5) is 0. The molecule has 16 heavy (non-hydrogen) atoms. The van der Waals surface area contributed by atoms with Crippen LogP contribution in [0.15, 0.2) is 18.2 Å². The van der Waals surface area contributed by atoms with E-state index >= 15 is 0 Å². The summed E-state index contributed by atoms with van der Waals surface area (Å²) in [6, 6.07) is 6.13. The summed E-state index contributed by atoms with van der Waals surface area (Å²) in [5, 5.41) is 12.1. The van der Waals surface area contributed by atoms with Gasteiger partial charge in [0.1, 0.15) is 12.0 Å². The summed E-state index contributed by atoms with van der Waals surface area (Å²) in [6.07, 6.45) is -0.109. The third-order valence-corrected chi connectivity index (χ3v) is 2.50. The number of benzene rings is 1. The molecule has 0 aliphatic heterocycles. The predicted molar refractivity (Wildman–Crippen MR) is 65.7 cm³/mol. The van der Waals surface area contributed by atoms with Gasteiger partial charge in [-0.15, -0.1) is 0 Å². The van der Waals surface area contributed by atoms with E-state index in [4.69, 9.17) is 9.84 Å². The van der Waals surface area contributed by atoms with Crippen LogP contribution < -0.4 is 10.1 Å². The molecule has 90 valence electrons. The van der Waals surface area contributed by atoms with Crippen LogP contribution >= 0.6 is 0 Å². The molecule has 3 heteroatoms. The SMILES string of the molecule is Cc1cccc(C)c1OC(C)NC(C)CO. The Labute approximate surface area is 97.4 Å². The van der Waals surface area contributed by atoms with Crippen LogP contribution in [0.25, 0.3) is 0 Å². The van der Waals surface area contributed by atoms with Crippen molar-refractivity contribution in [3.63, 3.8) is 0 Å². The maximum Gasteiger partial charge on any atom is 0.147 e. The molecule has 0 fully saturated rings. The maximum absolute atomic E-state index is 8.94. The van der Waals surface area contributed by atoms with Crippen LogP contribution in [-0.2, 0) is 0 Å². The Bertz CT molecular complexity index is 318. The molecular formula is C13H21NO2. The van der Waals surface area contributed by atoms with Gasteiger partial charge in [0, 0.05) is 6.04 Å². The number of hydrogen-bond donors (Lipinski definition) is 2. The van der Waals surface area contributed by atoms with Crippen LogP contribution in [0.5, 0.6) is 5.75 Å². The Morgan fingerprint density at radius 3 is 2.31 bits per heavy atom. The van der Waals surface area contributed by atoms with Gasteiger partial charge in [0.25, 0.3) is 0 Å². The second kappa shape index (κ2) is 5.87. The largest absolute Gasteiger partial charge is 0.475 e. The Morgan fingerprint density at radius 1 is 1.25 bits per heavy atom. The van der Waals surface area contributed by atoms with E-state index in [1.807, 2.05) is 45.9 Å². The highest BCUT2D eigenvalue weighted by molar-refractivity contribution is 5.39. The number of aliphatic hydroxyl groups is 1. The van der Waals surface area contributed by atoms with E-state index in [0.29, 0.717) is 0 Å². The fraction of sp³-hybridized carbons (Fsp3) is 0.538. The van der Waals surface area contributed by atoms with Gasteiger partial charge in [0.15, 0.2) is 0 Å². The molecule has 0 saturated carbocycles. The van der Waals surface area contributed by atoms with Gasteiger partial charge in [-0.05, 0) is 38.8 Å². The average Bonchev–Trinajstić information content (AvgIpc) is 2.23. The van der Waals surface area contributed by atoms with Crippen molar-refractivity contribution in [3.8, 4) is 5.75 Å². The van der Waals surface area contributed by atoms with E-state index < -0.39 is 0 Å². The monoisotopic (exact) mass is 223 g/mol. The van der Waals surface area contributed by atoms with Crippen molar-refractivity contribution in [1.29, 1.82) is 0 Å². The van der Waals surface area contributed by atoms with Gasteiger partial charge in [0.05, 0.1) is 6.61 Å². The van der Waals surface area contributed by atoms with Gasteiger partial charge in [-0.25, -0.2) is 0 Å². The molecule has 0 saturated heterocycles. The molecule has 0 bridgehead atoms. The zero-order valence-corrected chi connectivity index (χ0v) is 10.4. The number of aliphatic hydroxyl groups excluding tert-OH is 1. The van der Waals surface area contributed by atoms with Gasteiger partial charge in [-0.3, -0.25) is 5.32 Å². The lowest BCUT2D eigenvalue weighted by atomic mass is 10.1.